The van der Waals surface area contributed by atoms with E-state index in [1.807, 2.05) is 146 Å². The molecule has 10 aromatic rings. The molecule has 20 heteroatoms. The fraction of sp³-hybridized carbons (Fsp3) is 0.219. The number of rotatable bonds is 20. The average molecular weight is 1130 g/mol. The molecule has 4 amide bonds. The van der Waals surface area contributed by atoms with Crippen molar-refractivity contribution in [1.29, 1.82) is 0 Å². The van der Waals surface area contributed by atoms with Crippen molar-refractivity contribution < 1.29 is 28.5 Å². The molecule has 0 saturated carbocycles. The van der Waals surface area contributed by atoms with E-state index in [1.54, 1.807) is 59.6 Å². The number of pyridine rings is 2. The van der Waals surface area contributed by atoms with Crippen LogP contribution in [0.1, 0.15) is 25.7 Å². The number of aromatic nitrogens is 6. The van der Waals surface area contributed by atoms with E-state index in [0.717, 1.165) is 64.2 Å². The maximum absolute atomic E-state index is 12.6. The molecule has 6 aromatic carbocycles. The largest absolute Gasteiger partial charge is 0.497 e. The highest BCUT2D eigenvalue weighted by Crippen LogP contribution is 2.29. The highest BCUT2D eigenvalue weighted by molar-refractivity contribution is 6.01. The zero-order valence-corrected chi connectivity index (χ0v) is 46.8. The molecule has 2 aliphatic heterocycles. The number of benzene rings is 6. The van der Waals surface area contributed by atoms with Crippen LogP contribution in [0.15, 0.2) is 182 Å². The van der Waals surface area contributed by atoms with Crippen LogP contribution < -0.4 is 50.8 Å². The summed E-state index contributed by atoms with van der Waals surface area (Å²) in [5, 5.41) is 27.4. The number of urea groups is 2. The second kappa shape index (κ2) is 27.1. The van der Waals surface area contributed by atoms with Gasteiger partial charge in [0.1, 0.15) is 36.2 Å². The summed E-state index contributed by atoms with van der Waals surface area (Å²) >= 11 is 0. The fourth-order valence-corrected chi connectivity index (χ4v) is 9.95. The first-order valence-electron chi connectivity index (χ1n) is 28.1. The SMILES string of the molecule is COc1ccc(NC(=O)Nc2cccc(-c3cccc4nc(Nc5ccc(OCCN6CCCC6)cc5)nn34)c2)cc1.COc1cccc(NC(=O)Nc2cccc(-c3cccc4nc(Nc5ccc(OCCN6CCCC6)cc5)nn34)c2)c1. The number of amides is 4. The molecule has 2 aliphatic rings. The normalized spacial score (nSPS) is 13.2. The van der Waals surface area contributed by atoms with Gasteiger partial charge in [0.15, 0.2) is 11.3 Å². The number of carbonyl (C=O) groups is 2. The second-order valence-corrected chi connectivity index (χ2v) is 20.1. The molecule has 84 heavy (non-hydrogen) atoms. The van der Waals surface area contributed by atoms with Gasteiger partial charge in [0, 0.05) is 64.4 Å². The lowest BCUT2D eigenvalue weighted by atomic mass is 10.1. The zero-order valence-electron chi connectivity index (χ0n) is 46.8. The quantitative estimate of drug-likeness (QED) is 0.0420. The molecule has 12 rings (SSSR count). The Bertz CT molecular complexity index is 3810. The summed E-state index contributed by atoms with van der Waals surface area (Å²) < 4.78 is 25.8. The summed E-state index contributed by atoms with van der Waals surface area (Å²) in [4.78, 5) is 39.4. The van der Waals surface area contributed by atoms with E-state index < -0.39 is 0 Å². The van der Waals surface area contributed by atoms with Gasteiger partial charge in [0.05, 0.1) is 25.6 Å². The van der Waals surface area contributed by atoms with Crippen LogP contribution in [0.2, 0.25) is 0 Å². The first kappa shape index (κ1) is 55.7. The number of nitrogens with one attached hydrogen (secondary N) is 6. The van der Waals surface area contributed by atoms with Crippen LogP contribution in [0.25, 0.3) is 33.8 Å². The first-order valence-corrected chi connectivity index (χ1v) is 28.1. The summed E-state index contributed by atoms with van der Waals surface area (Å²) in [7, 11) is 3.19. The number of carbonyl (C=O) groups excluding carboxylic acids is 2. The summed E-state index contributed by atoms with van der Waals surface area (Å²) in [6, 6.07) is 56.1. The summed E-state index contributed by atoms with van der Waals surface area (Å²) in [5.74, 6) is 4.04. The molecular formula is C64H66N14O6. The third-order valence-corrected chi connectivity index (χ3v) is 14.2. The molecule has 6 N–H and O–H groups in total. The number of methoxy groups -OCH3 is 2. The molecule has 2 saturated heterocycles. The third kappa shape index (κ3) is 14.8. The van der Waals surface area contributed by atoms with Crippen LogP contribution in [0, 0.1) is 0 Å². The standard InChI is InChI=1S/2C32H33N7O3/c1-41-28-10-5-9-26(22-28)35-32(40)34-25-8-4-7-23(21-25)29-11-6-12-30-36-31(37-39(29)30)33-24-13-15-27(16-14-24)42-20-19-38-17-2-3-18-38;1-41-27-14-10-25(11-15-27)34-32(40)35-26-7-4-6-23(22-26)29-8-5-9-30-36-31(37-39(29)30)33-24-12-16-28(17-13-24)42-21-20-38-18-2-3-19-38/h4-16,21-22H,2-3,17-20H2,1H3,(H,33,37)(H2,34,35,40);4-17,22H,2-3,18-21H2,1H3,(H,33,37)(H2,34,35,40). The Hall–Kier alpha value is -10.2. The van der Waals surface area contributed by atoms with Crippen molar-refractivity contribution in [1.82, 2.24) is 39.0 Å². The Balaban J connectivity index is 0.000000175. The van der Waals surface area contributed by atoms with Crippen molar-refractivity contribution in [3.63, 3.8) is 0 Å². The predicted octanol–water partition coefficient (Wildman–Crippen LogP) is 12.5. The van der Waals surface area contributed by atoms with E-state index >= 15 is 0 Å². The lowest BCUT2D eigenvalue weighted by Crippen LogP contribution is -2.25. The van der Waals surface area contributed by atoms with E-state index in [9.17, 15) is 9.59 Å². The highest BCUT2D eigenvalue weighted by atomic mass is 16.5. The van der Waals surface area contributed by atoms with Gasteiger partial charge in [-0.1, -0.05) is 42.5 Å². The van der Waals surface area contributed by atoms with Crippen molar-refractivity contribution >= 4 is 69.4 Å². The van der Waals surface area contributed by atoms with Crippen LogP contribution in [0.3, 0.4) is 0 Å². The molecule has 0 bridgehead atoms. The Morgan fingerprint density at radius 2 is 0.810 bits per heavy atom. The van der Waals surface area contributed by atoms with E-state index in [2.05, 4.69) is 51.7 Å². The number of anilines is 8. The Morgan fingerprint density at radius 3 is 1.26 bits per heavy atom. The van der Waals surface area contributed by atoms with Crippen molar-refractivity contribution in [2.45, 2.75) is 25.7 Å². The number of likely N-dealkylation sites (tertiary alicyclic amines) is 2. The van der Waals surface area contributed by atoms with E-state index in [-0.39, 0.29) is 12.1 Å². The van der Waals surface area contributed by atoms with Gasteiger partial charge < -0.3 is 50.8 Å². The van der Waals surface area contributed by atoms with Gasteiger partial charge in [0.2, 0.25) is 11.9 Å². The molecule has 2 fully saturated rings. The number of ether oxygens (including phenoxy) is 4. The molecule has 428 valence electrons. The molecule has 0 radical (unpaired) electrons. The molecule has 6 heterocycles. The van der Waals surface area contributed by atoms with Gasteiger partial charge >= 0.3 is 12.1 Å². The molecule has 0 unspecified atom stereocenters. The number of nitrogens with zero attached hydrogens (tertiary/aromatic N) is 8. The van der Waals surface area contributed by atoms with Gasteiger partial charge in [-0.15, -0.1) is 10.2 Å². The van der Waals surface area contributed by atoms with Gasteiger partial charge in [-0.2, -0.15) is 9.97 Å². The van der Waals surface area contributed by atoms with Gasteiger partial charge in [0.25, 0.3) is 0 Å². The van der Waals surface area contributed by atoms with Crippen LogP contribution in [-0.2, 0) is 0 Å². The average Bonchev–Trinajstić information content (AvgIpc) is 4.46. The maximum Gasteiger partial charge on any atom is 0.323 e. The second-order valence-electron chi connectivity index (χ2n) is 20.1. The maximum atomic E-state index is 12.6. The number of fused-ring (bicyclic) bond motifs is 2. The summed E-state index contributed by atoms with van der Waals surface area (Å²) in [5.41, 5.74) is 9.18. The Morgan fingerprint density at radius 1 is 0.417 bits per heavy atom. The van der Waals surface area contributed by atoms with Crippen molar-refractivity contribution in [2.75, 3.05) is 98.6 Å². The highest BCUT2D eigenvalue weighted by Gasteiger charge is 2.16. The monoisotopic (exact) mass is 1130 g/mol. The lowest BCUT2D eigenvalue weighted by molar-refractivity contribution is 0.237. The molecule has 4 aromatic heterocycles. The van der Waals surface area contributed by atoms with E-state index in [4.69, 9.17) is 29.1 Å². The van der Waals surface area contributed by atoms with Crippen LogP contribution in [0.5, 0.6) is 23.0 Å². The Kier molecular flexibility index (Phi) is 17.9. The smallest absolute Gasteiger partial charge is 0.323 e. The van der Waals surface area contributed by atoms with Crippen LogP contribution in [0.4, 0.5) is 55.6 Å². The molecule has 0 aliphatic carbocycles. The van der Waals surface area contributed by atoms with Crippen molar-refractivity contribution in [2.24, 2.45) is 0 Å². The molecular weight excluding hydrogens is 1060 g/mol. The fourth-order valence-electron chi connectivity index (χ4n) is 9.95. The lowest BCUT2D eigenvalue weighted by Gasteiger charge is -2.15. The topological polar surface area (TPSA) is 210 Å². The van der Waals surface area contributed by atoms with Gasteiger partial charge in [-0.25, -0.2) is 18.6 Å². The predicted molar refractivity (Wildman–Crippen MR) is 330 cm³/mol. The van der Waals surface area contributed by atoms with Crippen molar-refractivity contribution in [3.8, 4) is 45.5 Å². The Labute approximate surface area is 486 Å². The minimum atomic E-state index is -0.353. The first-order chi connectivity index (χ1) is 41.2. The number of hydrogen-bond donors (Lipinski definition) is 6. The summed E-state index contributed by atoms with van der Waals surface area (Å²) in [6.45, 7) is 7.98. The van der Waals surface area contributed by atoms with Gasteiger partial charge in [-0.3, -0.25) is 9.80 Å². The molecule has 20 nitrogen and oxygen atoms in total. The minimum absolute atomic E-state index is 0.342. The molecule has 0 spiro atoms. The van der Waals surface area contributed by atoms with E-state index in [1.165, 1.54) is 51.9 Å². The summed E-state index contributed by atoms with van der Waals surface area (Å²) in [6.07, 6.45) is 5.14. The van der Waals surface area contributed by atoms with E-state index in [0.29, 0.717) is 64.9 Å². The van der Waals surface area contributed by atoms with Crippen molar-refractivity contribution in [3.05, 3.63) is 182 Å². The third-order valence-electron chi connectivity index (χ3n) is 14.2. The zero-order chi connectivity index (χ0) is 57.5. The molecule has 0 atom stereocenters. The van der Waals surface area contributed by atoms with Crippen LogP contribution in [-0.4, -0.2) is 118 Å². The number of hydrogen-bond acceptors (Lipinski definition) is 14. The van der Waals surface area contributed by atoms with Gasteiger partial charge in [-0.05, 0) is 185 Å². The minimum Gasteiger partial charge on any atom is -0.497 e. The van der Waals surface area contributed by atoms with Crippen LogP contribution >= 0.6 is 0 Å².